The van der Waals surface area contributed by atoms with Crippen molar-refractivity contribution < 1.29 is 9.47 Å². The van der Waals surface area contributed by atoms with Crippen LogP contribution in [-0.4, -0.2) is 13.7 Å². The second-order valence-electron chi connectivity index (χ2n) is 6.71. The van der Waals surface area contributed by atoms with Crippen LogP contribution in [0.2, 0.25) is 15.1 Å². The number of nitrogens with one attached hydrogen (secondary N) is 1. The van der Waals surface area contributed by atoms with Crippen LogP contribution in [0.15, 0.2) is 30.3 Å². The number of rotatable bonds is 12. The van der Waals surface area contributed by atoms with Crippen LogP contribution < -0.4 is 14.8 Å². The summed E-state index contributed by atoms with van der Waals surface area (Å²) >= 11 is 18.6. The number of hydrogen-bond donors (Lipinski definition) is 1. The number of hydrogen-bond acceptors (Lipinski definition) is 3. The van der Waals surface area contributed by atoms with E-state index in [1.807, 2.05) is 12.1 Å². The maximum atomic E-state index is 6.45. The third-order valence-electron chi connectivity index (χ3n) is 4.50. The predicted molar refractivity (Wildman–Crippen MR) is 119 cm³/mol. The molecule has 0 aliphatic carbocycles. The van der Waals surface area contributed by atoms with Crippen LogP contribution in [0.5, 0.6) is 11.5 Å². The van der Waals surface area contributed by atoms with Crippen molar-refractivity contribution in [1.82, 2.24) is 5.32 Å². The van der Waals surface area contributed by atoms with Gasteiger partial charge in [-0.3, -0.25) is 0 Å². The van der Waals surface area contributed by atoms with E-state index < -0.39 is 0 Å². The molecule has 2 aromatic carbocycles. The Morgan fingerprint density at radius 1 is 0.857 bits per heavy atom. The van der Waals surface area contributed by atoms with Gasteiger partial charge in [0, 0.05) is 33.2 Å². The molecule has 0 aliphatic rings. The molecule has 0 heterocycles. The van der Waals surface area contributed by atoms with E-state index in [9.17, 15) is 0 Å². The largest absolute Gasteiger partial charge is 0.493 e. The fourth-order valence-electron chi connectivity index (χ4n) is 2.86. The van der Waals surface area contributed by atoms with Gasteiger partial charge in [0.1, 0.15) is 6.61 Å². The summed E-state index contributed by atoms with van der Waals surface area (Å²) in [4.78, 5) is 0. The number of halogens is 3. The van der Waals surface area contributed by atoms with E-state index in [1.54, 1.807) is 25.3 Å². The highest BCUT2D eigenvalue weighted by atomic mass is 35.5. The molecular formula is C22H28Cl3NO2. The fraction of sp³-hybridized carbons (Fsp3) is 0.455. The predicted octanol–water partition coefficient (Wildman–Crippen LogP) is 7.29. The van der Waals surface area contributed by atoms with E-state index in [0.29, 0.717) is 39.7 Å². The lowest BCUT2D eigenvalue weighted by atomic mass is 10.1. The van der Waals surface area contributed by atoms with Gasteiger partial charge in [-0.15, -0.1) is 0 Å². The van der Waals surface area contributed by atoms with Crippen molar-refractivity contribution in [3.05, 3.63) is 56.5 Å². The standard InChI is InChI=1S/C22H28Cl3NO2/c1-3-4-5-6-7-10-26-14-17-11-21(27-2)22(13-20(17)25)28-15-16-8-9-18(23)12-19(16)24/h8-9,11-13,26H,3-7,10,14-15H2,1-2H3. The summed E-state index contributed by atoms with van der Waals surface area (Å²) < 4.78 is 11.4. The Hall–Kier alpha value is -1.13. The Labute approximate surface area is 183 Å². The summed E-state index contributed by atoms with van der Waals surface area (Å²) in [5.74, 6) is 1.23. The van der Waals surface area contributed by atoms with Crippen molar-refractivity contribution >= 4 is 34.8 Å². The molecule has 0 spiro atoms. The molecule has 2 aromatic rings. The van der Waals surface area contributed by atoms with Gasteiger partial charge in [0.2, 0.25) is 0 Å². The normalized spacial score (nSPS) is 10.9. The maximum Gasteiger partial charge on any atom is 0.163 e. The van der Waals surface area contributed by atoms with Crippen molar-refractivity contribution in [2.75, 3.05) is 13.7 Å². The molecule has 2 rings (SSSR count). The minimum Gasteiger partial charge on any atom is -0.493 e. The van der Waals surface area contributed by atoms with Gasteiger partial charge >= 0.3 is 0 Å². The molecule has 0 amide bonds. The smallest absolute Gasteiger partial charge is 0.163 e. The molecule has 0 unspecified atom stereocenters. The van der Waals surface area contributed by atoms with Crippen molar-refractivity contribution in [3.63, 3.8) is 0 Å². The topological polar surface area (TPSA) is 30.5 Å². The van der Waals surface area contributed by atoms with Gasteiger partial charge in [-0.1, -0.05) is 73.5 Å². The van der Waals surface area contributed by atoms with Gasteiger partial charge in [0.05, 0.1) is 7.11 Å². The lowest BCUT2D eigenvalue weighted by Crippen LogP contribution is -2.15. The molecule has 154 valence electrons. The van der Waals surface area contributed by atoms with E-state index in [2.05, 4.69) is 12.2 Å². The van der Waals surface area contributed by atoms with Crippen LogP contribution in [0.25, 0.3) is 0 Å². The maximum absolute atomic E-state index is 6.45. The highest BCUT2D eigenvalue weighted by molar-refractivity contribution is 6.35. The third-order valence-corrected chi connectivity index (χ3v) is 5.44. The second kappa shape index (κ2) is 12.4. The van der Waals surface area contributed by atoms with Gasteiger partial charge in [-0.25, -0.2) is 0 Å². The van der Waals surface area contributed by atoms with Crippen LogP contribution in [0.4, 0.5) is 0 Å². The summed E-state index contributed by atoms with van der Waals surface area (Å²) in [5.41, 5.74) is 1.84. The monoisotopic (exact) mass is 443 g/mol. The lowest BCUT2D eigenvalue weighted by molar-refractivity contribution is 0.284. The first-order chi connectivity index (χ1) is 13.5. The highest BCUT2D eigenvalue weighted by Gasteiger charge is 2.12. The van der Waals surface area contributed by atoms with Crippen molar-refractivity contribution in [2.24, 2.45) is 0 Å². The molecule has 0 aromatic heterocycles. The van der Waals surface area contributed by atoms with Crippen molar-refractivity contribution in [3.8, 4) is 11.5 Å². The Kier molecular flexibility index (Phi) is 10.3. The Morgan fingerprint density at radius 3 is 2.32 bits per heavy atom. The SMILES string of the molecule is CCCCCCCNCc1cc(OC)c(OCc2ccc(Cl)cc2Cl)cc1Cl. The minimum atomic E-state index is 0.304. The average Bonchev–Trinajstić information content (AvgIpc) is 2.67. The van der Waals surface area contributed by atoms with Gasteiger partial charge in [-0.05, 0) is 36.7 Å². The molecule has 1 N–H and O–H groups in total. The molecular weight excluding hydrogens is 417 g/mol. The number of unbranched alkanes of at least 4 members (excludes halogenated alkanes) is 4. The average molecular weight is 445 g/mol. The summed E-state index contributed by atoms with van der Waals surface area (Å²) in [6.45, 7) is 4.21. The van der Waals surface area contributed by atoms with E-state index in [1.165, 1.54) is 32.1 Å². The van der Waals surface area contributed by atoms with E-state index in [0.717, 1.165) is 17.7 Å². The molecule has 28 heavy (non-hydrogen) atoms. The third kappa shape index (κ3) is 7.36. The van der Waals surface area contributed by atoms with Gasteiger partial charge in [-0.2, -0.15) is 0 Å². The second-order valence-corrected chi connectivity index (χ2v) is 7.96. The zero-order valence-corrected chi connectivity index (χ0v) is 18.8. The zero-order valence-electron chi connectivity index (χ0n) is 16.5. The molecule has 0 bridgehead atoms. The first kappa shape index (κ1) is 23.2. The quantitative estimate of drug-likeness (QED) is 0.348. The summed E-state index contributed by atoms with van der Waals surface area (Å²) in [6.07, 6.45) is 6.32. The number of ether oxygens (including phenoxy) is 2. The summed E-state index contributed by atoms with van der Waals surface area (Å²) in [7, 11) is 1.62. The fourth-order valence-corrected chi connectivity index (χ4v) is 3.54. The van der Waals surface area contributed by atoms with Crippen LogP contribution >= 0.6 is 34.8 Å². The van der Waals surface area contributed by atoms with E-state index in [-0.39, 0.29) is 0 Å². The Balaban J connectivity index is 1.92. The molecule has 6 heteroatoms. The Morgan fingerprint density at radius 2 is 1.61 bits per heavy atom. The first-order valence-electron chi connectivity index (χ1n) is 9.69. The van der Waals surface area contributed by atoms with Crippen molar-refractivity contribution in [2.45, 2.75) is 52.2 Å². The van der Waals surface area contributed by atoms with Gasteiger partial charge in [0.15, 0.2) is 11.5 Å². The summed E-state index contributed by atoms with van der Waals surface area (Å²) in [5, 5.41) is 5.26. The molecule has 0 saturated carbocycles. The number of benzene rings is 2. The highest BCUT2D eigenvalue weighted by Crippen LogP contribution is 2.34. The molecule has 0 aliphatic heterocycles. The van der Waals surface area contributed by atoms with Crippen molar-refractivity contribution in [1.29, 1.82) is 0 Å². The molecule has 3 nitrogen and oxygen atoms in total. The first-order valence-corrected chi connectivity index (χ1v) is 10.8. The number of methoxy groups -OCH3 is 1. The molecule has 0 fully saturated rings. The lowest BCUT2D eigenvalue weighted by Gasteiger charge is -2.15. The van der Waals surface area contributed by atoms with Crippen LogP contribution in [0.3, 0.4) is 0 Å². The van der Waals surface area contributed by atoms with Crippen LogP contribution in [0.1, 0.15) is 50.2 Å². The van der Waals surface area contributed by atoms with Gasteiger partial charge < -0.3 is 14.8 Å². The van der Waals surface area contributed by atoms with E-state index in [4.69, 9.17) is 44.3 Å². The molecule has 0 radical (unpaired) electrons. The molecule has 0 saturated heterocycles. The van der Waals surface area contributed by atoms with Crippen LogP contribution in [0, 0.1) is 0 Å². The zero-order chi connectivity index (χ0) is 20.4. The Bertz CT molecular complexity index is 753. The van der Waals surface area contributed by atoms with Gasteiger partial charge in [0.25, 0.3) is 0 Å². The minimum absolute atomic E-state index is 0.304. The van der Waals surface area contributed by atoms with E-state index >= 15 is 0 Å². The van der Waals surface area contributed by atoms with Crippen LogP contribution in [-0.2, 0) is 13.2 Å². The molecule has 0 atom stereocenters. The summed E-state index contributed by atoms with van der Waals surface area (Å²) in [6, 6.07) is 9.04.